The highest BCUT2D eigenvalue weighted by atomic mass is 19.4. The van der Waals surface area contributed by atoms with Gasteiger partial charge in [-0.1, -0.05) is 6.42 Å². The van der Waals surface area contributed by atoms with Gasteiger partial charge in [-0.3, -0.25) is 4.79 Å². The van der Waals surface area contributed by atoms with Crippen molar-refractivity contribution in [1.82, 2.24) is 20.1 Å². The summed E-state index contributed by atoms with van der Waals surface area (Å²) >= 11 is 0. The molecule has 3 heterocycles. The van der Waals surface area contributed by atoms with Crippen LogP contribution in [0.15, 0.2) is 10.5 Å². The molecule has 3 N–H and O–H groups in total. The van der Waals surface area contributed by atoms with Gasteiger partial charge in [0.25, 0.3) is 17.7 Å². The van der Waals surface area contributed by atoms with Crippen LogP contribution in [0.1, 0.15) is 73.3 Å². The Bertz CT molecular complexity index is 1280. The molecule has 2 aromatic rings. The van der Waals surface area contributed by atoms with Gasteiger partial charge in [-0.2, -0.15) is 26.3 Å². The van der Waals surface area contributed by atoms with Crippen molar-refractivity contribution in [3.8, 4) is 11.6 Å². The molecular formula is C23H23F8N5O3. The fourth-order valence-corrected chi connectivity index (χ4v) is 5.86. The van der Waals surface area contributed by atoms with Gasteiger partial charge in [0.2, 0.25) is 11.5 Å². The number of amides is 1. The second kappa shape index (κ2) is 8.73. The summed E-state index contributed by atoms with van der Waals surface area (Å²) in [5.41, 5.74) is -2.48. The van der Waals surface area contributed by atoms with E-state index in [4.69, 9.17) is 10.2 Å². The number of rotatable bonds is 1. The third-order valence-electron chi connectivity index (χ3n) is 7.75. The Morgan fingerprint density at radius 1 is 1.03 bits per heavy atom. The summed E-state index contributed by atoms with van der Waals surface area (Å²) < 4.78 is 115. The predicted octanol–water partition coefficient (Wildman–Crippen LogP) is 5.08. The Labute approximate surface area is 215 Å². The smallest absolute Gasteiger partial charge is 0.416 e. The maximum absolute atomic E-state index is 13.9. The molecule has 4 bridgehead atoms. The second-order valence-electron chi connectivity index (χ2n) is 10.7. The van der Waals surface area contributed by atoms with Gasteiger partial charge in [0.05, 0.1) is 11.3 Å². The summed E-state index contributed by atoms with van der Waals surface area (Å²) in [5, 5.41) is 17.1. The first-order valence-electron chi connectivity index (χ1n) is 12.1. The third kappa shape index (κ3) is 4.69. The Kier molecular flexibility index (Phi) is 6.16. The molecule has 0 radical (unpaired) electrons. The van der Waals surface area contributed by atoms with E-state index in [0.717, 1.165) is 4.90 Å². The number of aromatic nitrogens is 3. The molecule has 39 heavy (non-hydrogen) atoms. The molecule has 0 saturated heterocycles. The number of anilines is 1. The number of nitrogen functional groups attached to an aromatic ring is 1. The summed E-state index contributed by atoms with van der Waals surface area (Å²) in [6.45, 7) is -0.155. The average Bonchev–Trinajstić information content (AvgIpc) is 3.26. The third-order valence-corrected chi connectivity index (χ3v) is 7.75. The fourth-order valence-electron chi connectivity index (χ4n) is 5.86. The van der Waals surface area contributed by atoms with Crippen LogP contribution in [0, 0.1) is 5.41 Å². The molecule has 8 nitrogen and oxygen atoms in total. The van der Waals surface area contributed by atoms with E-state index in [-0.39, 0.29) is 51.5 Å². The molecule has 5 rings (SSSR count). The summed E-state index contributed by atoms with van der Waals surface area (Å²) in [5.74, 6) is -6.02. The lowest BCUT2D eigenvalue weighted by atomic mass is 9.52. The molecule has 1 amide bonds. The Hall–Kier alpha value is -3.04. The first-order valence-corrected chi connectivity index (χ1v) is 12.1. The van der Waals surface area contributed by atoms with Gasteiger partial charge in [0, 0.05) is 25.4 Å². The first-order chi connectivity index (χ1) is 17.9. The second-order valence-corrected chi connectivity index (χ2v) is 10.7. The minimum absolute atomic E-state index is 0.0473. The molecule has 2 fully saturated rings. The van der Waals surface area contributed by atoms with E-state index in [9.17, 15) is 45.0 Å². The van der Waals surface area contributed by atoms with Crippen LogP contribution in [0.25, 0.3) is 11.6 Å². The maximum Gasteiger partial charge on any atom is 0.426 e. The van der Waals surface area contributed by atoms with Crippen molar-refractivity contribution in [2.45, 2.75) is 81.3 Å². The molecule has 1 unspecified atom stereocenters. The molecule has 214 valence electrons. The van der Waals surface area contributed by atoms with Crippen LogP contribution in [0.3, 0.4) is 0 Å². The van der Waals surface area contributed by atoms with E-state index >= 15 is 0 Å². The van der Waals surface area contributed by atoms with E-state index in [2.05, 4.69) is 15.2 Å². The quantitative estimate of drug-likeness (QED) is 0.460. The number of nitrogens with two attached hydrogens (primary N) is 1. The number of alkyl halides is 8. The van der Waals surface area contributed by atoms with Crippen LogP contribution in [0.2, 0.25) is 0 Å². The molecule has 3 aliphatic rings. The van der Waals surface area contributed by atoms with Gasteiger partial charge in [-0.25, -0.2) is 13.8 Å². The minimum atomic E-state index is -5.23. The van der Waals surface area contributed by atoms with Crippen LogP contribution < -0.4 is 5.73 Å². The van der Waals surface area contributed by atoms with E-state index < -0.39 is 82.1 Å². The Morgan fingerprint density at radius 2 is 1.69 bits per heavy atom. The van der Waals surface area contributed by atoms with Crippen molar-refractivity contribution < 1.29 is 49.4 Å². The SMILES string of the molecule is Nc1cc(C(F)(F)F)c2nc1-c1nnc(o1)C(O)(C(F)(F)F)CCCCCN(C1CC3(C1)CC(F)(F)C3)C2=O. The standard InChI is InChI=1S/C23H23F8N5O3/c24-20(25)9-19(10-20)7-11(8-19)36-5-3-1-2-4-21(38,23(29,30)31)18-35-34-16(39-18)15-13(32)6-12(22(26,27)28)14(33-15)17(36)37/h6,11,38H,1-5,7-10,32H2. The van der Waals surface area contributed by atoms with Crippen molar-refractivity contribution in [3.05, 3.63) is 23.2 Å². The van der Waals surface area contributed by atoms with Crippen LogP contribution in [-0.4, -0.2) is 55.8 Å². The maximum atomic E-state index is 13.9. The van der Waals surface area contributed by atoms with Crippen LogP contribution in [-0.2, 0) is 11.8 Å². The lowest BCUT2D eigenvalue weighted by molar-refractivity contribution is -0.277. The van der Waals surface area contributed by atoms with Crippen LogP contribution in [0.4, 0.5) is 40.8 Å². The number of halogens is 8. The predicted molar refractivity (Wildman–Crippen MR) is 116 cm³/mol. The number of fused-ring (bicyclic) bond motifs is 5. The van der Waals surface area contributed by atoms with E-state index in [1.165, 1.54) is 0 Å². The molecule has 2 aromatic heterocycles. The normalized spacial score (nSPS) is 25.7. The number of pyridine rings is 1. The van der Waals surface area contributed by atoms with Gasteiger partial charge in [-0.15, -0.1) is 10.2 Å². The van der Waals surface area contributed by atoms with Crippen molar-refractivity contribution in [3.63, 3.8) is 0 Å². The summed E-state index contributed by atoms with van der Waals surface area (Å²) in [6, 6.07) is -0.263. The highest BCUT2D eigenvalue weighted by molar-refractivity contribution is 5.95. The molecular weight excluding hydrogens is 546 g/mol. The number of nitrogens with zero attached hydrogens (tertiary/aromatic N) is 4. The largest absolute Gasteiger partial charge is 0.426 e. The van der Waals surface area contributed by atoms with Gasteiger partial charge in [0.1, 0.15) is 5.69 Å². The zero-order chi connectivity index (χ0) is 28.6. The Morgan fingerprint density at radius 3 is 2.28 bits per heavy atom. The molecule has 16 heteroatoms. The number of hydrogen-bond acceptors (Lipinski definition) is 7. The van der Waals surface area contributed by atoms with Crippen molar-refractivity contribution in [1.29, 1.82) is 0 Å². The van der Waals surface area contributed by atoms with Gasteiger partial charge >= 0.3 is 12.4 Å². The highest BCUT2D eigenvalue weighted by Gasteiger charge is 2.63. The van der Waals surface area contributed by atoms with Crippen molar-refractivity contribution >= 4 is 11.6 Å². The molecule has 2 saturated carbocycles. The monoisotopic (exact) mass is 569 g/mol. The Balaban J connectivity index is 1.58. The lowest BCUT2D eigenvalue weighted by Crippen LogP contribution is -2.61. The van der Waals surface area contributed by atoms with Crippen LogP contribution in [0.5, 0.6) is 0 Å². The van der Waals surface area contributed by atoms with Crippen LogP contribution >= 0.6 is 0 Å². The van der Waals surface area contributed by atoms with Crippen molar-refractivity contribution in [2.24, 2.45) is 5.41 Å². The molecule has 1 atom stereocenters. The first kappa shape index (κ1) is 27.5. The van der Waals surface area contributed by atoms with Gasteiger partial charge in [0.15, 0.2) is 5.69 Å². The van der Waals surface area contributed by atoms with Crippen molar-refractivity contribution in [2.75, 3.05) is 12.3 Å². The minimum Gasteiger partial charge on any atom is -0.416 e. The highest BCUT2D eigenvalue weighted by Crippen LogP contribution is 2.63. The lowest BCUT2D eigenvalue weighted by Gasteiger charge is -2.59. The van der Waals surface area contributed by atoms with E-state index in [1.807, 2.05) is 0 Å². The van der Waals surface area contributed by atoms with E-state index in [0.29, 0.717) is 6.07 Å². The van der Waals surface area contributed by atoms with E-state index in [1.54, 1.807) is 0 Å². The molecule has 1 aliphatic heterocycles. The summed E-state index contributed by atoms with van der Waals surface area (Å²) in [4.78, 5) is 18.4. The zero-order valence-electron chi connectivity index (χ0n) is 20.2. The average molecular weight is 569 g/mol. The van der Waals surface area contributed by atoms with Gasteiger partial charge < -0.3 is 20.2 Å². The number of carbonyl (C=O) groups is 1. The molecule has 1 spiro atoms. The topological polar surface area (TPSA) is 118 Å². The number of aliphatic hydroxyl groups is 1. The molecule has 2 aliphatic carbocycles. The van der Waals surface area contributed by atoms with Gasteiger partial charge in [-0.05, 0) is 43.6 Å². The summed E-state index contributed by atoms with van der Waals surface area (Å²) in [7, 11) is 0. The zero-order valence-corrected chi connectivity index (χ0v) is 20.2. The molecule has 0 aromatic carbocycles. The fraction of sp³-hybridized carbons (Fsp3) is 0.652. The number of hydrogen-bond donors (Lipinski definition) is 2. The number of carbonyl (C=O) groups excluding carboxylic acids is 1. The summed E-state index contributed by atoms with van der Waals surface area (Å²) in [6.07, 6.45) is -11.7.